The minimum Gasteiger partial charge on any atom is -0.381 e. The van der Waals surface area contributed by atoms with Crippen molar-refractivity contribution < 1.29 is 17.9 Å². The number of hydrogen-bond acceptors (Lipinski definition) is 5. The van der Waals surface area contributed by atoms with Gasteiger partial charge in [-0.3, -0.25) is 4.79 Å². The molecule has 17 heavy (non-hydrogen) atoms. The third kappa shape index (κ3) is 2.97. The lowest BCUT2D eigenvalue weighted by atomic mass is 10.1. The highest BCUT2D eigenvalue weighted by Gasteiger charge is 2.34. The Kier molecular flexibility index (Phi) is 3.70. The lowest BCUT2D eigenvalue weighted by molar-refractivity contribution is -0.135. The fourth-order valence-corrected chi connectivity index (χ4v) is 3.56. The highest BCUT2D eigenvalue weighted by Crippen LogP contribution is 2.15. The van der Waals surface area contributed by atoms with Crippen LogP contribution in [0.5, 0.6) is 0 Å². The molecule has 0 aromatic carbocycles. The van der Waals surface area contributed by atoms with E-state index in [0.717, 1.165) is 0 Å². The Morgan fingerprint density at radius 2 is 2.18 bits per heavy atom. The predicted molar refractivity (Wildman–Crippen MR) is 62.4 cm³/mol. The van der Waals surface area contributed by atoms with Gasteiger partial charge >= 0.3 is 0 Å². The Bertz CT molecular complexity index is 391. The zero-order valence-electron chi connectivity index (χ0n) is 9.89. The van der Waals surface area contributed by atoms with Crippen LogP contribution in [-0.2, 0) is 19.4 Å². The summed E-state index contributed by atoms with van der Waals surface area (Å²) in [5, 5.41) is 2.79. The number of carbonyl (C=O) groups is 1. The van der Waals surface area contributed by atoms with E-state index in [1.54, 1.807) is 11.9 Å². The molecule has 2 saturated heterocycles. The van der Waals surface area contributed by atoms with Crippen LogP contribution in [0.4, 0.5) is 0 Å². The number of rotatable bonds is 3. The van der Waals surface area contributed by atoms with Gasteiger partial charge < -0.3 is 15.0 Å². The van der Waals surface area contributed by atoms with Crippen LogP contribution in [0.15, 0.2) is 0 Å². The highest BCUT2D eigenvalue weighted by molar-refractivity contribution is 7.91. The van der Waals surface area contributed by atoms with Gasteiger partial charge in [0.15, 0.2) is 9.84 Å². The number of amides is 1. The first-order valence-electron chi connectivity index (χ1n) is 5.76. The minimum absolute atomic E-state index is 0.0600. The summed E-state index contributed by atoms with van der Waals surface area (Å²) in [5.41, 5.74) is 0. The van der Waals surface area contributed by atoms with Gasteiger partial charge in [-0.05, 0) is 7.05 Å². The third-order valence-electron chi connectivity index (χ3n) is 3.24. The van der Waals surface area contributed by atoms with Crippen molar-refractivity contribution >= 4 is 15.7 Å². The molecule has 0 bridgehead atoms. The van der Waals surface area contributed by atoms with E-state index in [0.29, 0.717) is 32.2 Å². The molecule has 0 spiro atoms. The molecule has 1 atom stereocenters. The molecule has 1 unspecified atom stereocenters. The predicted octanol–water partition coefficient (Wildman–Crippen LogP) is -1.52. The molecule has 2 aliphatic heterocycles. The summed E-state index contributed by atoms with van der Waals surface area (Å²) < 4.78 is 28.4. The van der Waals surface area contributed by atoms with E-state index in [2.05, 4.69) is 5.32 Å². The van der Waals surface area contributed by atoms with Crippen molar-refractivity contribution in [3.63, 3.8) is 0 Å². The number of nitrogens with one attached hydrogen (secondary N) is 1. The Labute approximate surface area is 101 Å². The standard InChI is InChI=1S/C10H18N2O4S/c1-11-9-7-17(14,15)3-2-12(10(9)13)4-8-5-16-6-8/h8-9,11H,2-7H2,1H3. The highest BCUT2D eigenvalue weighted by atomic mass is 32.2. The lowest BCUT2D eigenvalue weighted by Gasteiger charge is -2.32. The Balaban J connectivity index is 2.07. The monoisotopic (exact) mass is 262 g/mol. The van der Waals surface area contributed by atoms with Crippen LogP contribution < -0.4 is 5.32 Å². The van der Waals surface area contributed by atoms with Crippen molar-refractivity contribution in [2.75, 3.05) is 44.9 Å². The quantitative estimate of drug-likeness (QED) is 0.668. The van der Waals surface area contributed by atoms with Crippen LogP contribution in [0.3, 0.4) is 0 Å². The second kappa shape index (κ2) is 4.91. The molecule has 2 aliphatic rings. The van der Waals surface area contributed by atoms with E-state index in [9.17, 15) is 13.2 Å². The maximum absolute atomic E-state index is 12.1. The van der Waals surface area contributed by atoms with Crippen molar-refractivity contribution in [2.45, 2.75) is 6.04 Å². The van der Waals surface area contributed by atoms with Crippen LogP contribution in [-0.4, -0.2) is 70.1 Å². The number of sulfone groups is 1. The molecule has 0 radical (unpaired) electrons. The van der Waals surface area contributed by atoms with E-state index in [4.69, 9.17) is 4.74 Å². The van der Waals surface area contributed by atoms with E-state index in [1.165, 1.54) is 0 Å². The molecule has 1 amide bonds. The first kappa shape index (κ1) is 12.8. The van der Waals surface area contributed by atoms with E-state index < -0.39 is 15.9 Å². The topological polar surface area (TPSA) is 75.7 Å². The van der Waals surface area contributed by atoms with Gasteiger partial charge in [-0.2, -0.15) is 0 Å². The van der Waals surface area contributed by atoms with Crippen molar-refractivity contribution in [1.82, 2.24) is 10.2 Å². The Hall–Kier alpha value is -0.660. The summed E-state index contributed by atoms with van der Waals surface area (Å²) in [5.74, 6) is 0.211. The summed E-state index contributed by atoms with van der Waals surface area (Å²) in [6.45, 7) is 2.24. The molecule has 2 rings (SSSR count). The van der Waals surface area contributed by atoms with E-state index >= 15 is 0 Å². The summed E-state index contributed by atoms with van der Waals surface area (Å²) in [6, 6.07) is -0.608. The maximum atomic E-state index is 12.1. The molecular formula is C10H18N2O4S. The maximum Gasteiger partial charge on any atom is 0.240 e. The molecule has 2 heterocycles. The van der Waals surface area contributed by atoms with Gasteiger partial charge in [0.25, 0.3) is 0 Å². The van der Waals surface area contributed by atoms with Crippen LogP contribution in [0.1, 0.15) is 0 Å². The fraction of sp³-hybridized carbons (Fsp3) is 0.900. The normalized spacial score (nSPS) is 29.8. The molecule has 1 N–H and O–H groups in total. The summed E-state index contributed by atoms with van der Waals surface area (Å²) in [7, 11) is -1.51. The number of nitrogens with zero attached hydrogens (tertiary/aromatic N) is 1. The van der Waals surface area contributed by atoms with Gasteiger partial charge in [0, 0.05) is 19.0 Å². The molecular weight excluding hydrogens is 244 g/mol. The average molecular weight is 262 g/mol. The molecule has 6 nitrogen and oxygen atoms in total. The largest absolute Gasteiger partial charge is 0.381 e. The van der Waals surface area contributed by atoms with Crippen LogP contribution in [0.2, 0.25) is 0 Å². The molecule has 7 heteroatoms. The van der Waals surface area contributed by atoms with Crippen LogP contribution in [0, 0.1) is 5.92 Å². The summed E-state index contributed by atoms with van der Waals surface area (Å²) in [4.78, 5) is 13.7. The zero-order chi connectivity index (χ0) is 12.5. The molecule has 0 saturated carbocycles. The zero-order valence-corrected chi connectivity index (χ0v) is 10.7. The smallest absolute Gasteiger partial charge is 0.240 e. The van der Waals surface area contributed by atoms with Gasteiger partial charge in [-0.15, -0.1) is 0 Å². The van der Waals surface area contributed by atoms with Crippen molar-refractivity contribution in [2.24, 2.45) is 5.92 Å². The fourth-order valence-electron chi connectivity index (χ4n) is 2.08. The number of hydrogen-bond donors (Lipinski definition) is 1. The van der Waals surface area contributed by atoms with Crippen molar-refractivity contribution in [3.05, 3.63) is 0 Å². The number of ether oxygens (including phenoxy) is 1. The molecule has 0 aliphatic carbocycles. The van der Waals surface area contributed by atoms with E-state index in [1.807, 2.05) is 0 Å². The van der Waals surface area contributed by atoms with Gasteiger partial charge in [-0.1, -0.05) is 0 Å². The van der Waals surface area contributed by atoms with Crippen molar-refractivity contribution in [3.8, 4) is 0 Å². The second-order valence-electron chi connectivity index (χ2n) is 4.64. The van der Waals surface area contributed by atoms with Gasteiger partial charge in [0.1, 0.15) is 6.04 Å². The Morgan fingerprint density at radius 3 is 2.71 bits per heavy atom. The van der Waals surface area contributed by atoms with Crippen molar-refractivity contribution in [1.29, 1.82) is 0 Å². The van der Waals surface area contributed by atoms with E-state index in [-0.39, 0.29) is 17.4 Å². The SMILES string of the molecule is CNC1CS(=O)(=O)CCN(CC2COC2)C1=O. The van der Waals surface area contributed by atoms with Gasteiger partial charge in [-0.25, -0.2) is 8.42 Å². The van der Waals surface area contributed by atoms with Gasteiger partial charge in [0.2, 0.25) is 5.91 Å². The molecule has 2 fully saturated rings. The second-order valence-corrected chi connectivity index (χ2v) is 6.87. The number of carbonyl (C=O) groups excluding carboxylic acids is 1. The average Bonchev–Trinajstić information content (AvgIpc) is 2.32. The summed E-state index contributed by atoms with van der Waals surface area (Å²) >= 11 is 0. The van der Waals surface area contributed by atoms with Crippen LogP contribution in [0.25, 0.3) is 0 Å². The first-order chi connectivity index (χ1) is 8.02. The number of likely N-dealkylation sites (N-methyl/N-ethyl adjacent to an activating group) is 1. The van der Waals surface area contributed by atoms with Crippen LogP contribution >= 0.6 is 0 Å². The molecule has 0 aromatic heterocycles. The first-order valence-corrected chi connectivity index (χ1v) is 7.58. The molecule has 0 aromatic rings. The molecule has 98 valence electrons. The third-order valence-corrected chi connectivity index (χ3v) is 4.88. The summed E-state index contributed by atoms with van der Waals surface area (Å²) in [6.07, 6.45) is 0. The van der Waals surface area contributed by atoms with Gasteiger partial charge in [0.05, 0.1) is 24.7 Å². The lowest BCUT2D eigenvalue weighted by Crippen LogP contribution is -2.49. The Morgan fingerprint density at radius 1 is 1.47 bits per heavy atom. The minimum atomic E-state index is -3.13.